The van der Waals surface area contributed by atoms with E-state index < -0.39 is 10.0 Å². The summed E-state index contributed by atoms with van der Waals surface area (Å²) in [5.41, 5.74) is 0. The Morgan fingerprint density at radius 2 is 2.00 bits per heavy atom. The predicted octanol–water partition coefficient (Wildman–Crippen LogP) is 3.42. The van der Waals surface area contributed by atoms with Gasteiger partial charge >= 0.3 is 0 Å². The molecule has 2 aliphatic rings. The summed E-state index contributed by atoms with van der Waals surface area (Å²) in [6, 6.07) is 3.26. The molecule has 3 rings (SSSR count). The van der Waals surface area contributed by atoms with Gasteiger partial charge in [0.25, 0.3) is 10.0 Å². The molecule has 1 aromatic heterocycles. The van der Waals surface area contributed by atoms with Gasteiger partial charge < -0.3 is 0 Å². The van der Waals surface area contributed by atoms with Gasteiger partial charge in [-0.2, -0.15) is 4.31 Å². The monoisotopic (exact) mass is 391 g/mol. The zero-order chi connectivity index (χ0) is 15.0. The molecule has 4 nitrogen and oxygen atoms in total. The maximum Gasteiger partial charge on any atom is 0.252 e. The Morgan fingerprint density at radius 1 is 1.19 bits per heavy atom. The van der Waals surface area contributed by atoms with Gasteiger partial charge in [0.15, 0.2) is 0 Å². The van der Waals surface area contributed by atoms with Crippen LogP contribution in [0.1, 0.15) is 38.5 Å². The first-order chi connectivity index (χ1) is 10.00. The molecule has 116 valence electrons. The molecular formula is C14H18BrNO3S2. The number of thiophene rings is 1. The van der Waals surface area contributed by atoms with Crippen LogP contribution in [0.3, 0.4) is 0 Å². The van der Waals surface area contributed by atoms with Gasteiger partial charge in [-0.25, -0.2) is 8.42 Å². The van der Waals surface area contributed by atoms with Gasteiger partial charge in [-0.3, -0.25) is 4.79 Å². The molecular weight excluding hydrogens is 374 g/mol. The van der Waals surface area contributed by atoms with Crippen molar-refractivity contribution in [2.24, 2.45) is 5.92 Å². The predicted molar refractivity (Wildman–Crippen MR) is 85.9 cm³/mol. The van der Waals surface area contributed by atoms with E-state index in [1.165, 1.54) is 11.3 Å². The molecule has 1 aromatic rings. The third-order valence-electron chi connectivity index (χ3n) is 4.43. The molecule has 1 aliphatic carbocycles. The van der Waals surface area contributed by atoms with Crippen LogP contribution in [0.25, 0.3) is 0 Å². The van der Waals surface area contributed by atoms with E-state index in [0.717, 1.165) is 35.9 Å². The van der Waals surface area contributed by atoms with Crippen molar-refractivity contribution in [1.82, 2.24) is 4.31 Å². The maximum absolute atomic E-state index is 12.8. The zero-order valence-electron chi connectivity index (χ0n) is 11.6. The quantitative estimate of drug-likeness (QED) is 0.792. The Balaban J connectivity index is 1.88. The van der Waals surface area contributed by atoms with Gasteiger partial charge in [-0.15, -0.1) is 11.3 Å². The Morgan fingerprint density at radius 3 is 2.67 bits per heavy atom. The van der Waals surface area contributed by atoms with Gasteiger partial charge in [0.05, 0.1) is 3.79 Å². The first-order valence-electron chi connectivity index (χ1n) is 7.30. The molecule has 0 amide bonds. The van der Waals surface area contributed by atoms with Crippen LogP contribution in [0.15, 0.2) is 20.1 Å². The number of Topliss-reactive ketones (excluding diaryl/α,β-unsaturated/α-hetero) is 1. The molecule has 7 heteroatoms. The van der Waals surface area contributed by atoms with Crippen molar-refractivity contribution >= 4 is 43.1 Å². The smallest absolute Gasteiger partial charge is 0.252 e. The number of ketones is 1. The molecule has 0 radical (unpaired) electrons. The fourth-order valence-electron chi connectivity index (χ4n) is 3.44. The molecule has 0 N–H and O–H groups in total. The molecule has 21 heavy (non-hydrogen) atoms. The minimum Gasteiger partial charge on any atom is -0.299 e. The lowest BCUT2D eigenvalue weighted by Gasteiger charge is -2.32. The number of hydrogen-bond acceptors (Lipinski definition) is 4. The van der Waals surface area contributed by atoms with Gasteiger partial charge in [0.1, 0.15) is 9.99 Å². The van der Waals surface area contributed by atoms with Crippen LogP contribution in [-0.4, -0.2) is 31.1 Å². The lowest BCUT2D eigenvalue weighted by molar-refractivity contribution is -0.126. The summed E-state index contributed by atoms with van der Waals surface area (Å²) in [6.45, 7) is 0.534. The van der Waals surface area contributed by atoms with Crippen molar-refractivity contribution in [2.75, 3.05) is 6.54 Å². The fourth-order valence-corrected chi connectivity index (χ4v) is 7.30. The molecule has 0 bridgehead atoms. The van der Waals surface area contributed by atoms with Crippen molar-refractivity contribution in [3.05, 3.63) is 15.9 Å². The minimum atomic E-state index is -3.47. The molecule has 2 heterocycles. The van der Waals surface area contributed by atoms with E-state index in [2.05, 4.69) is 15.9 Å². The lowest BCUT2D eigenvalue weighted by atomic mass is 9.82. The number of nitrogens with zero attached hydrogens (tertiary/aromatic N) is 1. The molecule has 1 aliphatic heterocycles. The molecule has 2 fully saturated rings. The van der Waals surface area contributed by atoms with Crippen molar-refractivity contribution in [2.45, 2.75) is 48.8 Å². The Bertz CT molecular complexity index is 640. The third-order valence-corrected chi connectivity index (χ3v) is 8.44. The van der Waals surface area contributed by atoms with Crippen molar-refractivity contribution in [3.63, 3.8) is 0 Å². The van der Waals surface area contributed by atoms with Crippen LogP contribution < -0.4 is 0 Å². The van der Waals surface area contributed by atoms with Gasteiger partial charge in [-0.05, 0) is 53.7 Å². The normalized spacial score (nSPS) is 28.1. The number of halogens is 1. The van der Waals surface area contributed by atoms with Gasteiger partial charge in [-0.1, -0.05) is 6.42 Å². The molecule has 2 atom stereocenters. The van der Waals surface area contributed by atoms with Gasteiger partial charge in [0.2, 0.25) is 0 Å². The summed E-state index contributed by atoms with van der Waals surface area (Å²) in [5, 5.41) is 0. The standard InChI is InChI=1S/C14H18BrNO3S2/c15-13-7-8-14(20-13)21(18,19)16-9-3-5-11(16)10-4-1-2-6-12(10)17/h7-8,10-11H,1-6,9H2. The van der Waals surface area contributed by atoms with E-state index in [4.69, 9.17) is 0 Å². The van der Waals surface area contributed by atoms with Crippen LogP contribution >= 0.6 is 27.3 Å². The average molecular weight is 392 g/mol. The second-order valence-corrected chi connectivity index (χ2v) is 10.3. The topological polar surface area (TPSA) is 54.5 Å². The molecule has 1 saturated heterocycles. The van der Waals surface area contributed by atoms with E-state index in [0.29, 0.717) is 17.2 Å². The number of carbonyl (C=O) groups is 1. The highest BCUT2D eigenvalue weighted by Gasteiger charge is 2.42. The van der Waals surface area contributed by atoms with Crippen LogP contribution in [0.2, 0.25) is 0 Å². The molecule has 0 aromatic carbocycles. The molecule has 1 saturated carbocycles. The first-order valence-corrected chi connectivity index (χ1v) is 10.3. The van der Waals surface area contributed by atoms with E-state index in [-0.39, 0.29) is 17.7 Å². The summed E-state index contributed by atoms with van der Waals surface area (Å²) in [4.78, 5) is 12.2. The van der Waals surface area contributed by atoms with Crippen LogP contribution in [0, 0.1) is 5.92 Å². The summed E-state index contributed by atoms with van der Waals surface area (Å²) in [7, 11) is -3.47. The van der Waals surface area contributed by atoms with Crippen LogP contribution in [-0.2, 0) is 14.8 Å². The lowest BCUT2D eigenvalue weighted by Crippen LogP contribution is -2.43. The summed E-state index contributed by atoms with van der Waals surface area (Å²) >= 11 is 4.55. The Hall–Kier alpha value is -0.240. The van der Waals surface area contributed by atoms with E-state index in [1.54, 1.807) is 16.4 Å². The highest BCUT2D eigenvalue weighted by Crippen LogP contribution is 2.37. The average Bonchev–Trinajstić information content (AvgIpc) is 3.08. The fraction of sp³-hybridized carbons (Fsp3) is 0.643. The van der Waals surface area contributed by atoms with Crippen LogP contribution in [0.4, 0.5) is 0 Å². The summed E-state index contributed by atoms with van der Waals surface area (Å²) in [5.74, 6) is 0.153. The van der Waals surface area contributed by atoms with E-state index in [1.807, 2.05) is 0 Å². The maximum atomic E-state index is 12.8. The molecule has 2 unspecified atom stereocenters. The second-order valence-electron chi connectivity index (χ2n) is 5.70. The van der Waals surface area contributed by atoms with Gasteiger partial charge in [0, 0.05) is 24.9 Å². The third kappa shape index (κ3) is 2.98. The SMILES string of the molecule is O=C1CCCCC1C1CCCN1S(=O)(=O)c1ccc(Br)s1. The number of hydrogen-bond donors (Lipinski definition) is 0. The first kappa shape index (κ1) is 15.6. The largest absolute Gasteiger partial charge is 0.299 e. The van der Waals surface area contributed by atoms with Crippen LogP contribution in [0.5, 0.6) is 0 Å². The number of sulfonamides is 1. The van der Waals surface area contributed by atoms with E-state index in [9.17, 15) is 13.2 Å². The van der Waals surface area contributed by atoms with Crippen molar-refractivity contribution in [1.29, 1.82) is 0 Å². The Labute approximate surface area is 137 Å². The number of rotatable bonds is 3. The molecule has 0 spiro atoms. The highest BCUT2D eigenvalue weighted by atomic mass is 79.9. The zero-order valence-corrected chi connectivity index (χ0v) is 14.8. The minimum absolute atomic E-state index is 0.0978. The highest BCUT2D eigenvalue weighted by molar-refractivity contribution is 9.11. The second kappa shape index (κ2) is 6.10. The number of carbonyl (C=O) groups excluding carboxylic acids is 1. The summed E-state index contributed by atoms with van der Waals surface area (Å²) in [6.07, 6.45) is 5.09. The summed E-state index contributed by atoms with van der Waals surface area (Å²) < 4.78 is 28.4. The van der Waals surface area contributed by atoms with Crippen molar-refractivity contribution < 1.29 is 13.2 Å². The van der Waals surface area contributed by atoms with E-state index >= 15 is 0 Å². The Kier molecular flexibility index (Phi) is 4.55. The van der Waals surface area contributed by atoms with Crippen molar-refractivity contribution in [3.8, 4) is 0 Å².